The van der Waals surface area contributed by atoms with Gasteiger partial charge in [0.2, 0.25) is 11.7 Å². The fourth-order valence-electron chi connectivity index (χ4n) is 2.48. The van der Waals surface area contributed by atoms with Gasteiger partial charge >= 0.3 is 0 Å². The van der Waals surface area contributed by atoms with E-state index in [9.17, 15) is 14.7 Å². The summed E-state index contributed by atoms with van der Waals surface area (Å²) in [6.45, 7) is 1.39. The number of amides is 1. The van der Waals surface area contributed by atoms with Gasteiger partial charge in [-0.2, -0.15) is 0 Å². The summed E-state index contributed by atoms with van der Waals surface area (Å²) in [5.41, 5.74) is 1.50. The standard InChI is InChI=1S/C16H16N4O3S/c1-8(21)19-16-20-11-5-4-10(14(23)15(11)24-16)13(22)9-3-6-12(17-2)18-7-9/h3,6-7,22H,4-5H2,1-2H3,(H,17,18)(H,19,20,21). The van der Waals surface area contributed by atoms with Crippen molar-refractivity contribution in [1.82, 2.24) is 9.97 Å². The molecule has 8 heteroatoms. The monoisotopic (exact) mass is 344 g/mol. The smallest absolute Gasteiger partial charge is 0.223 e. The lowest BCUT2D eigenvalue weighted by atomic mass is 9.93. The molecule has 0 saturated carbocycles. The van der Waals surface area contributed by atoms with Crippen LogP contribution in [0.2, 0.25) is 0 Å². The van der Waals surface area contributed by atoms with Gasteiger partial charge in [0.05, 0.1) is 5.69 Å². The summed E-state index contributed by atoms with van der Waals surface area (Å²) in [5.74, 6) is 0.134. The number of aryl methyl sites for hydroxylation is 1. The van der Waals surface area contributed by atoms with E-state index in [1.807, 2.05) is 0 Å². The molecule has 0 atom stereocenters. The van der Waals surface area contributed by atoms with Crippen LogP contribution in [0.15, 0.2) is 23.9 Å². The van der Waals surface area contributed by atoms with Gasteiger partial charge in [-0.25, -0.2) is 9.97 Å². The number of nitrogens with one attached hydrogen (secondary N) is 2. The Kier molecular flexibility index (Phi) is 4.30. The normalized spacial score (nSPS) is 15.7. The van der Waals surface area contributed by atoms with Crippen molar-refractivity contribution in [2.45, 2.75) is 19.8 Å². The van der Waals surface area contributed by atoms with Gasteiger partial charge in [0.1, 0.15) is 16.5 Å². The van der Waals surface area contributed by atoms with Crippen LogP contribution in [0.25, 0.3) is 5.76 Å². The fourth-order valence-corrected chi connectivity index (χ4v) is 3.50. The van der Waals surface area contributed by atoms with Gasteiger partial charge in [0, 0.05) is 31.3 Å². The van der Waals surface area contributed by atoms with E-state index < -0.39 is 0 Å². The molecule has 0 spiro atoms. The largest absolute Gasteiger partial charge is 0.507 e. The van der Waals surface area contributed by atoms with Crippen molar-refractivity contribution in [1.29, 1.82) is 0 Å². The molecule has 124 valence electrons. The maximum Gasteiger partial charge on any atom is 0.223 e. The molecule has 2 heterocycles. The summed E-state index contributed by atoms with van der Waals surface area (Å²) in [7, 11) is 1.75. The van der Waals surface area contributed by atoms with Gasteiger partial charge in [0.25, 0.3) is 0 Å². The Bertz CT molecular complexity index is 840. The highest BCUT2D eigenvalue weighted by atomic mass is 32.1. The number of carbonyl (C=O) groups is 2. The van der Waals surface area contributed by atoms with Crippen LogP contribution >= 0.6 is 11.3 Å². The molecule has 0 bridgehead atoms. The summed E-state index contributed by atoms with van der Waals surface area (Å²) in [6, 6.07) is 3.44. The first-order valence-corrected chi connectivity index (χ1v) is 8.19. The first kappa shape index (κ1) is 16.1. The van der Waals surface area contributed by atoms with Crippen molar-refractivity contribution in [2.75, 3.05) is 17.7 Å². The van der Waals surface area contributed by atoms with Crippen molar-refractivity contribution < 1.29 is 14.7 Å². The highest BCUT2D eigenvalue weighted by molar-refractivity contribution is 7.18. The molecular formula is C16H16N4O3S. The van der Waals surface area contributed by atoms with E-state index in [-0.39, 0.29) is 17.4 Å². The van der Waals surface area contributed by atoms with E-state index in [0.717, 1.165) is 11.3 Å². The number of pyridine rings is 1. The lowest BCUT2D eigenvalue weighted by Crippen LogP contribution is -2.14. The number of Topliss-reactive ketones (excluding diaryl/α,β-unsaturated/α-hetero) is 1. The number of hydrogen-bond donors (Lipinski definition) is 3. The number of anilines is 2. The zero-order chi connectivity index (χ0) is 17.3. The van der Waals surface area contributed by atoms with Crippen molar-refractivity contribution in [3.8, 4) is 0 Å². The molecule has 7 nitrogen and oxygen atoms in total. The van der Waals surface area contributed by atoms with E-state index in [2.05, 4.69) is 20.6 Å². The summed E-state index contributed by atoms with van der Waals surface area (Å²) < 4.78 is 0. The highest BCUT2D eigenvalue weighted by Gasteiger charge is 2.29. The van der Waals surface area contributed by atoms with Crippen LogP contribution in [-0.2, 0) is 11.2 Å². The maximum atomic E-state index is 12.7. The number of aliphatic hydroxyl groups is 1. The molecule has 0 saturated heterocycles. The molecule has 24 heavy (non-hydrogen) atoms. The molecule has 2 aromatic heterocycles. The Morgan fingerprint density at radius 1 is 1.33 bits per heavy atom. The lowest BCUT2D eigenvalue weighted by Gasteiger charge is -2.14. The molecule has 3 rings (SSSR count). The van der Waals surface area contributed by atoms with Crippen LogP contribution in [-0.4, -0.2) is 33.8 Å². The third kappa shape index (κ3) is 3.00. The molecule has 1 amide bonds. The second-order valence-corrected chi connectivity index (χ2v) is 6.31. The lowest BCUT2D eigenvalue weighted by molar-refractivity contribution is -0.114. The second-order valence-electron chi connectivity index (χ2n) is 5.31. The van der Waals surface area contributed by atoms with Crippen LogP contribution < -0.4 is 10.6 Å². The molecule has 0 aliphatic heterocycles. The number of ketones is 1. The zero-order valence-corrected chi connectivity index (χ0v) is 14.0. The number of aliphatic hydroxyl groups excluding tert-OH is 1. The number of allylic oxidation sites excluding steroid dienone is 1. The zero-order valence-electron chi connectivity index (χ0n) is 13.2. The Labute approximate surface area is 142 Å². The summed E-state index contributed by atoms with van der Waals surface area (Å²) in [6.07, 6.45) is 2.46. The topological polar surface area (TPSA) is 104 Å². The minimum absolute atomic E-state index is 0.0599. The van der Waals surface area contributed by atoms with E-state index in [4.69, 9.17) is 0 Å². The summed E-state index contributed by atoms with van der Waals surface area (Å²) in [4.78, 5) is 32.7. The van der Waals surface area contributed by atoms with Gasteiger partial charge in [-0.05, 0) is 25.0 Å². The fraction of sp³-hybridized carbons (Fsp3) is 0.250. The number of fused-ring (bicyclic) bond motifs is 1. The van der Waals surface area contributed by atoms with Crippen LogP contribution in [0.4, 0.5) is 10.9 Å². The van der Waals surface area contributed by atoms with Gasteiger partial charge in [-0.3, -0.25) is 9.59 Å². The van der Waals surface area contributed by atoms with E-state index in [1.165, 1.54) is 13.1 Å². The molecule has 3 N–H and O–H groups in total. The van der Waals surface area contributed by atoms with Crippen LogP contribution in [0.5, 0.6) is 0 Å². The molecule has 0 unspecified atom stereocenters. The highest BCUT2D eigenvalue weighted by Crippen LogP contribution is 2.34. The van der Waals surface area contributed by atoms with E-state index in [0.29, 0.717) is 45.5 Å². The quantitative estimate of drug-likeness (QED) is 0.584. The second kappa shape index (κ2) is 6.40. The molecular weight excluding hydrogens is 328 g/mol. The van der Waals surface area contributed by atoms with Crippen molar-refractivity contribution in [3.05, 3.63) is 40.0 Å². The molecule has 0 fully saturated rings. The Morgan fingerprint density at radius 3 is 2.75 bits per heavy atom. The van der Waals surface area contributed by atoms with E-state index >= 15 is 0 Å². The molecule has 0 radical (unpaired) electrons. The molecule has 0 aromatic carbocycles. The predicted molar refractivity (Wildman–Crippen MR) is 92.4 cm³/mol. The number of thiazole rings is 1. The number of nitrogens with zero attached hydrogens (tertiary/aromatic N) is 2. The summed E-state index contributed by atoms with van der Waals surface area (Å²) in [5, 5.41) is 16.4. The average molecular weight is 344 g/mol. The number of carbonyl (C=O) groups excluding carboxylic acids is 2. The SMILES string of the molecule is CNc1ccc(C(O)=C2CCc3nc(NC(C)=O)sc3C2=O)cn1. The summed E-state index contributed by atoms with van der Waals surface area (Å²) >= 11 is 1.13. The van der Waals surface area contributed by atoms with Crippen LogP contribution in [0, 0.1) is 0 Å². The van der Waals surface area contributed by atoms with Crippen LogP contribution in [0.1, 0.15) is 34.3 Å². The first-order chi connectivity index (χ1) is 11.5. The maximum absolute atomic E-state index is 12.7. The minimum atomic E-state index is -0.249. The van der Waals surface area contributed by atoms with Crippen LogP contribution in [0.3, 0.4) is 0 Å². The predicted octanol–water partition coefficient (Wildman–Crippen LogP) is 2.64. The molecule has 1 aliphatic carbocycles. The minimum Gasteiger partial charge on any atom is -0.507 e. The number of aromatic nitrogens is 2. The Balaban J connectivity index is 1.93. The third-order valence-corrected chi connectivity index (χ3v) is 4.66. The van der Waals surface area contributed by atoms with Crippen molar-refractivity contribution >= 4 is 39.7 Å². The first-order valence-electron chi connectivity index (χ1n) is 7.38. The van der Waals surface area contributed by atoms with Crippen molar-refractivity contribution in [3.63, 3.8) is 0 Å². The Hall–Kier alpha value is -2.74. The van der Waals surface area contributed by atoms with E-state index in [1.54, 1.807) is 19.2 Å². The van der Waals surface area contributed by atoms with Gasteiger partial charge in [-0.1, -0.05) is 11.3 Å². The Morgan fingerprint density at radius 2 is 2.12 bits per heavy atom. The molecule has 1 aliphatic rings. The van der Waals surface area contributed by atoms with Gasteiger partial charge < -0.3 is 15.7 Å². The van der Waals surface area contributed by atoms with Gasteiger partial charge in [0.15, 0.2) is 5.13 Å². The average Bonchev–Trinajstić information content (AvgIpc) is 2.97. The number of rotatable bonds is 3. The number of hydrogen-bond acceptors (Lipinski definition) is 7. The van der Waals surface area contributed by atoms with Gasteiger partial charge in [-0.15, -0.1) is 0 Å². The third-order valence-electron chi connectivity index (χ3n) is 3.65. The molecule has 2 aromatic rings. The van der Waals surface area contributed by atoms with Crippen molar-refractivity contribution in [2.24, 2.45) is 0 Å².